The highest BCUT2D eigenvalue weighted by Gasteiger charge is 2.34. The Morgan fingerprint density at radius 2 is 1.93 bits per heavy atom. The summed E-state index contributed by atoms with van der Waals surface area (Å²) < 4.78 is 42.2. The summed E-state index contributed by atoms with van der Waals surface area (Å²) in [4.78, 5) is 0. The van der Waals surface area contributed by atoms with Crippen LogP contribution in [-0.4, -0.2) is 12.8 Å². The van der Waals surface area contributed by atoms with Crippen molar-refractivity contribution in [3.63, 3.8) is 0 Å². The Balaban J connectivity index is 3.32. The van der Waals surface area contributed by atoms with Crippen LogP contribution in [-0.2, 0) is 6.18 Å². The van der Waals surface area contributed by atoms with Crippen molar-refractivity contribution in [3.05, 3.63) is 29.3 Å². The Bertz CT molecular complexity index is 385. The fourth-order valence-corrected chi connectivity index (χ4v) is 1.16. The third-order valence-corrected chi connectivity index (χ3v) is 1.94. The van der Waals surface area contributed by atoms with Crippen molar-refractivity contribution in [1.29, 1.82) is 5.41 Å². The van der Waals surface area contributed by atoms with Gasteiger partial charge >= 0.3 is 6.18 Å². The van der Waals surface area contributed by atoms with Crippen LogP contribution in [0.3, 0.4) is 0 Å². The van der Waals surface area contributed by atoms with Gasteiger partial charge in [0, 0.05) is 5.71 Å². The lowest BCUT2D eigenvalue weighted by Gasteiger charge is -2.12. The van der Waals surface area contributed by atoms with Crippen molar-refractivity contribution in [1.82, 2.24) is 0 Å². The molecule has 0 saturated heterocycles. The Hall–Kier alpha value is -1.52. The number of alkyl halides is 3. The van der Waals surface area contributed by atoms with E-state index in [9.17, 15) is 13.2 Å². The van der Waals surface area contributed by atoms with E-state index in [4.69, 9.17) is 5.41 Å². The zero-order chi connectivity index (χ0) is 11.6. The van der Waals surface area contributed by atoms with E-state index in [-0.39, 0.29) is 17.0 Å². The number of hydrogen-bond donors (Lipinski definition) is 1. The van der Waals surface area contributed by atoms with Gasteiger partial charge in [0.25, 0.3) is 0 Å². The second-order valence-electron chi connectivity index (χ2n) is 3.04. The summed E-state index contributed by atoms with van der Waals surface area (Å²) in [5, 5.41) is 7.26. The summed E-state index contributed by atoms with van der Waals surface area (Å²) in [6, 6.07) is 3.56. The third kappa shape index (κ3) is 2.49. The molecule has 0 saturated carbocycles. The van der Waals surface area contributed by atoms with E-state index >= 15 is 0 Å². The molecule has 0 bridgehead atoms. The van der Waals surface area contributed by atoms with Crippen LogP contribution in [0, 0.1) is 5.41 Å². The number of halogens is 3. The van der Waals surface area contributed by atoms with E-state index in [2.05, 4.69) is 4.74 Å². The van der Waals surface area contributed by atoms with Crippen molar-refractivity contribution in [2.75, 3.05) is 7.11 Å². The van der Waals surface area contributed by atoms with Crippen LogP contribution in [0.1, 0.15) is 18.1 Å². The van der Waals surface area contributed by atoms with Crippen LogP contribution in [0.4, 0.5) is 13.2 Å². The lowest BCUT2D eigenvalue weighted by molar-refractivity contribution is -0.138. The molecule has 0 aromatic heterocycles. The molecule has 0 unspecified atom stereocenters. The van der Waals surface area contributed by atoms with Gasteiger partial charge in [-0.3, -0.25) is 0 Å². The van der Waals surface area contributed by atoms with Crippen molar-refractivity contribution in [2.24, 2.45) is 0 Å². The smallest absolute Gasteiger partial charge is 0.419 e. The van der Waals surface area contributed by atoms with Crippen LogP contribution >= 0.6 is 0 Å². The highest BCUT2D eigenvalue weighted by atomic mass is 19.4. The summed E-state index contributed by atoms with van der Waals surface area (Å²) in [5.74, 6) is -0.229. The monoisotopic (exact) mass is 217 g/mol. The zero-order valence-electron chi connectivity index (χ0n) is 8.27. The highest BCUT2D eigenvalue weighted by molar-refractivity contribution is 5.96. The molecule has 1 N–H and O–H groups in total. The van der Waals surface area contributed by atoms with Crippen LogP contribution in [0.25, 0.3) is 0 Å². The van der Waals surface area contributed by atoms with Gasteiger partial charge in [-0.15, -0.1) is 0 Å². The standard InChI is InChI=1S/C10H10F3NO/c1-6(14)7-3-4-9(15-2)8(5-7)10(11,12)13/h3-5,14H,1-2H3. The molecule has 0 fully saturated rings. The molecule has 5 heteroatoms. The van der Waals surface area contributed by atoms with Gasteiger partial charge in [-0.05, 0) is 30.7 Å². The lowest BCUT2D eigenvalue weighted by atomic mass is 10.1. The van der Waals surface area contributed by atoms with E-state index in [0.29, 0.717) is 0 Å². The third-order valence-electron chi connectivity index (χ3n) is 1.94. The number of nitrogens with one attached hydrogen (secondary N) is 1. The van der Waals surface area contributed by atoms with Crippen LogP contribution in [0.2, 0.25) is 0 Å². The summed E-state index contributed by atoms with van der Waals surface area (Å²) in [6.07, 6.45) is -4.46. The van der Waals surface area contributed by atoms with Gasteiger partial charge in [-0.25, -0.2) is 0 Å². The maximum absolute atomic E-state index is 12.5. The quantitative estimate of drug-likeness (QED) is 0.758. The fourth-order valence-electron chi connectivity index (χ4n) is 1.16. The molecule has 0 aliphatic carbocycles. The van der Waals surface area contributed by atoms with Gasteiger partial charge in [0.2, 0.25) is 0 Å². The second-order valence-corrected chi connectivity index (χ2v) is 3.04. The van der Waals surface area contributed by atoms with Gasteiger partial charge in [0.05, 0.1) is 12.7 Å². The van der Waals surface area contributed by atoms with Gasteiger partial charge in [0.15, 0.2) is 0 Å². The summed E-state index contributed by atoms with van der Waals surface area (Å²) in [5.41, 5.74) is -0.527. The topological polar surface area (TPSA) is 33.1 Å². The van der Waals surface area contributed by atoms with Crippen LogP contribution in [0.15, 0.2) is 18.2 Å². The van der Waals surface area contributed by atoms with E-state index in [0.717, 1.165) is 6.07 Å². The Labute approximate surface area is 85.2 Å². The maximum Gasteiger partial charge on any atom is 0.419 e. The molecule has 0 aliphatic heterocycles. The van der Waals surface area contributed by atoms with Gasteiger partial charge in [-0.1, -0.05) is 0 Å². The van der Waals surface area contributed by atoms with Crippen LogP contribution in [0.5, 0.6) is 5.75 Å². The minimum atomic E-state index is -4.46. The Kier molecular flexibility index (Phi) is 3.02. The average Bonchev–Trinajstić information content (AvgIpc) is 2.15. The summed E-state index contributed by atoms with van der Waals surface area (Å²) >= 11 is 0. The highest BCUT2D eigenvalue weighted by Crippen LogP contribution is 2.36. The molecule has 2 nitrogen and oxygen atoms in total. The Morgan fingerprint density at radius 1 is 1.33 bits per heavy atom. The zero-order valence-corrected chi connectivity index (χ0v) is 8.27. The molecule has 0 heterocycles. The minimum absolute atomic E-state index is 0.0863. The first-order valence-corrected chi connectivity index (χ1v) is 4.17. The summed E-state index contributed by atoms with van der Waals surface area (Å²) in [6.45, 7) is 1.43. The van der Waals surface area contributed by atoms with Crippen LogP contribution < -0.4 is 4.74 Å². The fraction of sp³-hybridized carbons (Fsp3) is 0.300. The minimum Gasteiger partial charge on any atom is -0.496 e. The van der Waals surface area contributed by atoms with E-state index in [1.54, 1.807) is 0 Å². The predicted octanol–water partition coefficient (Wildman–Crippen LogP) is 3.10. The van der Waals surface area contributed by atoms with Crippen molar-refractivity contribution < 1.29 is 17.9 Å². The maximum atomic E-state index is 12.5. The largest absolute Gasteiger partial charge is 0.496 e. The molecule has 15 heavy (non-hydrogen) atoms. The number of benzene rings is 1. The number of hydrogen-bond acceptors (Lipinski definition) is 2. The van der Waals surface area contributed by atoms with Crippen molar-refractivity contribution in [3.8, 4) is 5.75 Å². The van der Waals surface area contributed by atoms with E-state index < -0.39 is 11.7 Å². The molecule has 0 amide bonds. The first-order valence-electron chi connectivity index (χ1n) is 4.17. The number of rotatable bonds is 2. The molecule has 82 valence electrons. The molecule has 1 aromatic rings. The van der Waals surface area contributed by atoms with Gasteiger partial charge in [0.1, 0.15) is 5.75 Å². The molecule has 0 spiro atoms. The lowest BCUT2D eigenvalue weighted by Crippen LogP contribution is -2.09. The van der Waals surface area contributed by atoms with E-state index in [1.807, 2.05) is 0 Å². The molecule has 0 radical (unpaired) electrons. The molecule has 1 rings (SSSR count). The Morgan fingerprint density at radius 3 is 2.33 bits per heavy atom. The number of ether oxygens (including phenoxy) is 1. The van der Waals surface area contributed by atoms with Crippen molar-refractivity contribution in [2.45, 2.75) is 13.1 Å². The second kappa shape index (κ2) is 3.92. The molecule has 0 atom stereocenters. The molecule has 1 aromatic carbocycles. The SMILES string of the molecule is COc1ccc(C(C)=N)cc1C(F)(F)F. The summed E-state index contributed by atoms with van der Waals surface area (Å²) in [7, 11) is 1.18. The van der Waals surface area contributed by atoms with Crippen molar-refractivity contribution >= 4 is 5.71 Å². The molecule has 0 aliphatic rings. The number of methoxy groups -OCH3 is 1. The molecular weight excluding hydrogens is 207 g/mol. The first-order chi connectivity index (χ1) is 6.86. The predicted molar refractivity (Wildman–Crippen MR) is 50.5 cm³/mol. The normalized spacial score (nSPS) is 11.3. The molecular formula is C10H10F3NO. The van der Waals surface area contributed by atoms with Gasteiger partial charge < -0.3 is 10.1 Å². The first kappa shape index (κ1) is 11.6. The van der Waals surface area contributed by atoms with E-state index in [1.165, 1.54) is 26.2 Å². The average molecular weight is 217 g/mol. The van der Waals surface area contributed by atoms with Gasteiger partial charge in [-0.2, -0.15) is 13.2 Å².